The highest BCUT2D eigenvalue weighted by molar-refractivity contribution is 5.99. The second-order valence-corrected chi connectivity index (χ2v) is 5.04. The molecule has 0 aliphatic carbocycles. The number of amides is 1. The highest BCUT2D eigenvalue weighted by Crippen LogP contribution is 2.25. The van der Waals surface area contributed by atoms with Crippen molar-refractivity contribution in [2.75, 3.05) is 17.7 Å². The van der Waals surface area contributed by atoms with E-state index in [0.29, 0.717) is 5.56 Å². The summed E-state index contributed by atoms with van der Waals surface area (Å²) in [4.78, 5) is 23.9. The molecule has 132 valence electrons. The fourth-order valence-electron chi connectivity index (χ4n) is 2.02. The summed E-state index contributed by atoms with van der Waals surface area (Å²) in [5.41, 5.74) is 6.95. The molecule has 25 heavy (non-hydrogen) atoms. The van der Waals surface area contributed by atoms with Crippen LogP contribution >= 0.6 is 0 Å². The number of esters is 1. The molecular formula is C17H16F2N2O4. The van der Waals surface area contributed by atoms with Crippen LogP contribution in [0.2, 0.25) is 0 Å². The fourth-order valence-corrected chi connectivity index (χ4v) is 2.02. The van der Waals surface area contributed by atoms with E-state index in [9.17, 15) is 18.4 Å². The van der Waals surface area contributed by atoms with Crippen molar-refractivity contribution >= 4 is 23.3 Å². The van der Waals surface area contributed by atoms with Crippen molar-refractivity contribution < 1.29 is 27.8 Å². The number of rotatable bonds is 6. The predicted octanol–water partition coefficient (Wildman–Crippen LogP) is 2.97. The maximum atomic E-state index is 12.3. The van der Waals surface area contributed by atoms with E-state index in [0.717, 1.165) is 0 Å². The van der Waals surface area contributed by atoms with Gasteiger partial charge in [0.15, 0.2) is 6.61 Å². The van der Waals surface area contributed by atoms with Crippen molar-refractivity contribution in [3.63, 3.8) is 0 Å². The maximum Gasteiger partial charge on any atom is 0.387 e. The normalized spacial score (nSPS) is 10.4. The Morgan fingerprint density at radius 3 is 2.60 bits per heavy atom. The number of para-hydroxylation sites is 3. The number of nitrogens with one attached hydrogen (secondary N) is 1. The van der Waals surface area contributed by atoms with Crippen molar-refractivity contribution in [2.45, 2.75) is 13.5 Å². The zero-order valence-electron chi connectivity index (χ0n) is 13.3. The summed E-state index contributed by atoms with van der Waals surface area (Å²) in [7, 11) is 0. The molecule has 2 aromatic carbocycles. The van der Waals surface area contributed by atoms with Crippen LogP contribution in [0.1, 0.15) is 15.9 Å². The molecule has 0 atom stereocenters. The number of hydrogen-bond acceptors (Lipinski definition) is 5. The lowest BCUT2D eigenvalue weighted by Gasteiger charge is -2.12. The summed E-state index contributed by atoms with van der Waals surface area (Å²) < 4.78 is 33.9. The first-order chi connectivity index (χ1) is 11.9. The molecule has 2 aromatic rings. The van der Waals surface area contributed by atoms with Crippen LogP contribution in [0.25, 0.3) is 0 Å². The molecule has 0 aliphatic heterocycles. The van der Waals surface area contributed by atoms with E-state index in [1.807, 2.05) is 0 Å². The standard InChI is InChI=1S/C17H16F2N2O4/c1-10-5-4-6-11(15(10)20)16(23)24-9-14(22)21-12-7-2-3-8-13(12)25-17(18)19/h2-8,17H,9,20H2,1H3,(H,21,22). The number of nitrogen functional groups attached to an aromatic ring is 1. The molecule has 0 fully saturated rings. The summed E-state index contributed by atoms with van der Waals surface area (Å²) in [5, 5.41) is 2.34. The third-order valence-electron chi connectivity index (χ3n) is 3.26. The second kappa shape index (κ2) is 8.09. The smallest absolute Gasteiger partial charge is 0.387 e. The Morgan fingerprint density at radius 2 is 1.88 bits per heavy atom. The molecule has 0 aromatic heterocycles. The van der Waals surface area contributed by atoms with E-state index < -0.39 is 25.1 Å². The number of halogens is 2. The minimum Gasteiger partial charge on any atom is -0.452 e. The molecule has 0 bridgehead atoms. The average molecular weight is 350 g/mol. The van der Waals surface area contributed by atoms with Gasteiger partial charge < -0.3 is 20.5 Å². The van der Waals surface area contributed by atoms with Gasteiger partial charge in [-0.2, -0.15) is 8.78 Å². The van der Waals surface area contributed by atoms with Crippen LogP contribution in [0.15, 0.2) is 42.5 Å². The van der Waals surface area contributed by atoms with Crippen molar-refractivity contribution in [1.82, 2.24) is 0 Å². The summed E-state index contributed by atoms with van der Waals surface area (Å²) >= 11 is 0. The topological polar surface area (TPSA) is 90.7 Å². The summed E-state index contributed by atoms with van der Waals surface area (Å²) in [6.07, 6.45) is 0. The van der Waals surface area contributed by atoms with Gasteiger partial charge in [0.05, 0.1) is 11.3 Å². The van der Waals surface area contributed by atoms with Gasteiger partial charge in [-0.25, -0.2) is 4.79 Å². The molecule has 0 unspecified atom stereocenters. The van der Waals surface area contributed by atoms with Gasteiger partial charge in [-0.3, -0.25) is 4.79 Å². The molecule has 0 aliphatic rings. The van der Waals surface area contributed by atoms with Gasteiger partial charge in [0.2, 0.25) is 0 Å². The van der Waals surface area contributed by atoms with E-state index >= 15 is 0 Å². The van der Waals surface area contributed by atoms with Gasteiger partial charge in [-0.15, -0.1) is 0 Å². The first-order valence-electron chi connectivity index (χ1n) is 7.24. The van der Waals surface area contributed by atoms with E-state index in [-0.39, 0.29) is 22.7 Å². The Balaban J connectivity index is 1.97. The van der Waals surface area contributed by atoms with Crippen LogP contribution in [0, 0.1) is 6.92 Å². The van der Waals surface area contributed by atoms with Crippen LogP contribution in [0.3, 0.4) is 0 Å². The minimum atomic E-state index is -3.03. The maximum absolute atomic E-state index is 12.3. The van der Waals surface area contributed by atoms with Crippen LogP contribution in [0.4, 0.5) is 20.2 Å². The Labute approximate surface area is 142 Å². The Kier molecular flexibility index (Phi) is 5.89. The molecule has 6 nitrogen and oxygen atoms in total. The van der Waals surface area contributed by atoms with Crippen LogP contribution in [0.5, 0.6) is 5.75 Å². The first-order valence-corrected chi connectivity index (χ1v) is 7.24. The van der Waals surface area contributed by atoms with Gasteiger partial charge >= 0.3 is 12.6 Å². The van der Waals surface area contributed by atoms with Crippen molar-refractivity contribution in [3.8, 4) is 5.75 Å². The van der Waals surface area contributed by atoms with E-state index in [1.165, 1.54) is 30.3 Å². The Morgan fingerprint density at radius 1 is 1.16 bits per heavy atom. The highest BCUT2D eigenvalue weighted by atomic mass is 19.3. The highest BCUT2D eigenvalue weighted by Gasteiger charge is 2.16. The number of ether oxygens (including phenoxy) is 2. The van der Waals surface area contributed by atoms with Crippen molar-refractivity contribution in [2.24, 2.45) is 0 Å². The fraction of sp³-hybridized carbons (Fsp3) is 0.176. The molecule has 3 N–H and O–H groups in total. The number of nitrogens with two attached hydrogens (primary N) is 1. The Bertz CT molecular complexity index is 781. The average Bonchev–Trinajstić information content (AvgIpc) is 2.56. The number of hydrogen-bond donors (Lipinski definition) is 2. The first kappa shape index (κ1) is 18.2. The van der Waals surface area contributed by atoms with Crippen LogP contribution in [-0.4, -0.2) is 25.1 Å². The number of anilines is 2. The lowest BCUT2D eigenvalue weighted by atomic mass is 10.1. The third kappa shape index (κ3) is 4.90. The summed E-state index contributed by atoms with van der Waals surface area (Å²) in [6, 6.07) is 10.5. The molecule has 0 spiro atoms. The SMILES string of the molecule is Cc1cccc(C(=O)OCC(=O)Nc2ccccc2OC(F)F)c1N. The number of benzene rings is 2. The third-order valence-corrected chi connectivity index (χ3v) is 3.26. The van der Waals surface area contributed by atoms with Gasteiger partial charge in [-0.05, 0) is 30.7 Å². The summed E-state index contributed by atoms with van der Waals surface area (Å²) in [5.74, 6) is -1.65. The molecule has 1 amide bonds. The molecule has 0 saturated carbocycles. The van der Waals surface area contributed by atoms with Crippen molar-refractivity contribution in [3.05, 3.63) is 53.6 Å². The monoisotopic (exact) mass is 350 g/mol. The largest absolute Gasteiger partial charge is 0.452 e. The number of carbonyl (C=O) groups excluding carboxylic acids is 2. The predicted molar refractivity (Wildman–Crippen MR) is 87.6 cm³/mol. The van der Waals surface area contributed by atoms with E-state index in [2.05, 4.69) is 10.1 Å². The number of alkyl halides is 2. The van der Waals surface area contributed by atoms with E-state index in [1.54, 1.807) is 19.1 Å². The number of carbonyl (C=O) groups is 2. The van der Waals surface area contributed by atoms with Crippen molar-refractivity contribution in [1.29, 1.82) is 0 Å². The Hall–Kier alpha value is -3.16. The van der Waals surface area contributed by atoms with Gasteiger partial charge in [-0.1, -0.05) is 24.3 Å². The van der Waals surface area contributed by atoms with Gasteiger partial charge in [0.25, 0.3) is 5.91 Å². The zero-order chi connectivity index (χ0) is 18.4. The number of aryl methyl sites for hydroxylation is 1. The van der Waals surface area contributed by atoms with Crippen LogP contribution in [-0.2, 0) is 9.53 Å². The van der Waals surface area contributed by atoms with Gasteiger partial charge in [0.1, 0.15) is 5.75 Å². The molecule has 8 heteroatoms. The minimum absolute atomic E-state index is 0.0407. The molecule has 0 radical (unpaired) electrons. The lowest BCUT2D eigenvalue weighted by molar-refractivity contribution is -0.119. The van der Waals surface area contributed by atoms with Gasteiger partial charge in [0, 0.05) is 5.69 Å². The van der Waals surface area contributed by atoms with Crippen LogP contribution < -0.4 is 15.8 Å². The second-order valence-electron chi connectivity index (χ2n) is 5.04. The van der Waals surface area contributed by atoms with E-state index in [4.69, 9.17) is 10.5 Å². The molecule has 2 rings (SSSR count). The molecule has 0 heterocycles. The molecular weight excluding hydrogens is 334 g/mol. The quantitative estimate of drug-likeness (QED) is 0.617. The zero-order valence-corrected chi connectivity index (χ0v) is 13.3. The molecule has 0 saturated heterocycles. The summed E-state index contributed by atoms with van der Waals surface area (Å²) in [6.45, 7) is -1.89. The lowest BCUT2D eigenvalue weighted by Crippen LogP contribution is -2.22.